The first-order valence-corrected chi connectivity index (χ1v) is 14.6. The number of carboxylic acid groups (broad SMARTS) is 2. The minimum Gasteiger partial charge on any atom is -0.693 e. The maximum absolute atomic E-state index is 10.6. The second kappa shape index (κ2) is 28.9. The largest absolute Gasteiger partial charge is 2.00 e. The first-order chi connectivity index (χ1) is 21.8. The molecule has 49 heavy (non-hydrogen) atoms. The minimum atomic E-state index is -1.20. The third-order valence-corrected chi connectivity index (χ3v) is 8.04. The van der Waals surface area contributed by atoms with Crippen LogP contribution in [0.5, 0.6) is 0 Å². The van der Waals surface area contributed by atoms with Crippen LogP contribution in [0.3, 0.4) is 0 Å². The summed E-state index contributed by atoms with van der Waals surface area (Å²) in [6.45, 7) is 4.18. The van der Waals surface area contributed by atoms with Crippen molar-refractivity contribution in [3.05, 3.63) is 68.9 Å². The maximum atomic E-state index is 10.6. The molecule has 23 heteroatoms. The number of piperidine rings is 1. The van der Waals surface area contributed by atoms with E-state index in [2.05, 4.69) is 16.7 Å². The van der Waals surface area contributed by atoms with Crippen molar-refractivity contribution in [1.29, 1.82) is 0 Å². The minimum absolute atomic E-state index is 0. The molecule has 4 aliphatic rings. The predicted molar refractivity (Wildman–Crippen MR) is 166 cm³/mol. The number of carboxylic acids is 2. The average molecular weight is 799 g/mol. The molecule has 2 heterocycles. The summed E-state index contributed by atoms with van der Waals surface area (Å²) in [5.41, 5.74) is 1.67. The van der Waals surface area contributed by atoms with E-state index in [0.717, 1.165) is 46.3 Å². The molecule has 0 spiro atoms. The molecule has 2 aliphatic carbocycles. The van der Waals surface area contributed by atoms with Gasteiger partial charge in [0, 0.05) is 76.4 Å². The third-order valence-electron chi connectivity index (χ3n) is 8.04. The zero-order valence-corrected chi connectivity index (χ0v) is 29.2. The van der Waals surface area contributed by atoms with E-state index in [-0.39, 0.29) is 78.2 Å². The van der Waals surface area contributed by atoms with Gasteiger partial charge in [-0.25, -0.2) is 0 Å². The van der Waals surface area contributed by atoms with Crippen LogP contribution in [0.15, 0.2) is 11.6 Å². The van der Waals surface area contributed by atoms with Crippen LogP contribution in [0.4, 0.5) is 0 Å². The molecule has 6 N–H and O–H groups in total. The fourth-order valence-electron chi connectivity index (χ4n) is 5.69. The molecule has 1 saturated heterocycles. The zero-order valence-electron chi connectivity index (χ0n) is 27.1. The molecule has 2 radical (unpaired) electrons. The first kappa shape index (κ1) is 52.9. The summed E-state index contributed by atoms with van der Waals surface area (Å²) in [7, 11) is 2.00. The molecule has 2 aliphatic heterocycles. The van der Waals surface area contributed by atoms with Crippen molar-refractivity contribution in [2.75, 3.05) is 40.4 Å². The summed E-state index contributed by atoms with van der Waals surface area (Å²) >= 11 is 0. The van der Waals surface area contributed by atoms with E-state index < -0.39 is 67.6 Å². The van der Waals surface area contributed by atoms with Crippen LogP contribution >= 0.6 is 0 Å². The summed E-state index contributed by atoms with van der Waals surface area (Å²) in [6.07, 6.45) is 5.29. The van der Waals surface area contributed by atoms with Gasteiger partial charge in [0.2, 0.25) is 24.2 Å². The van der Waals surface area contributed by atoms with Crippen LogP contribution in [-0.4, -0.2) is 117 Å². The van der Waals surface area contributed by atoms with Crippen LogP contribution in [0.25, 0.3) is 16.8 Å². The molecule has 0 aromatic rings. The normalized spacial score (nSPS) is 25.7. The van der Waals surface area contributed by atoms with Gasteiger partial charge in [-0.1, -0.05) is 24.8 Å². The van der Waals surface area contributed by atoms with Gasteiger partial charge in [-0.3, -0.25) is 50.0 Å². The molecule has 21 nitrogen and oxygen atoms in total. The molecule has 4 rings (SSSR count). The van der Waals surface area contributed by atoms with Crippen LogP contribution in [0.1, 0.15) is 57.8 Å². The fraction of sp³-hybridized carbons (Fsp3) is 0.846. The van der Waals surface area contributed by atoms with Gasteiger partial charge in [0.15, 0.2) is 0 Å². The third kappa shape index (κ3) is 19.8. The second-order valence-electron chi connectivity index (χ2n) is 10.8. The summed E-state index contributed by atoms with van der Waals surface area (Å²) in [5.74, 6) is -3.52. The van der Waals surface area contributed by atoms with Crippen LogP contribution in [0, 0.1) is 58.2 Å². The van der Waals surface area contributed by atoms with Gasteiger partial charge in [-0.15, -0.1) is 32.3 Å². The average Bonchev–Trinajstić information content (AvgIpc) is 3.07. The summed E-state index contributed by atoms with van der Waals surface area (Å²) in [5, 5.41) is 82.0. The number of aliphatic hydroxyl groups excluding tert-OH is 2. The Morgan fingerprint density at radius 1 is 0.653 bits per heavy atom. The maximum Gasteiger partial charge on any atom is 2.00 e. The molecule has 2 saturated carbocycles. The zero-order chi connectivity index (χ0) is 35.4. The van der Waals surface area contributed by atoms with Crippen molar-refractivity contribution in [2.45, 2.75) is 82.0 Å². The van der Waals surface area contributed by atoms with Crippen molar-refractivity contribution in [3.63, 3.8) is 0 Å². The number of hydrogen-bond acceptors (Lipinski definition) is 12. The van der Waals surface area contributed by atoms with Gasteiger partial charge in [-0.05, 0) is 5.92 Å². The van der Waals surface area contributed by atoms with Gasteiger partial charge in [0.1, 0.15) is 0 Å². The summed E-state index contributed by atoms with van der Waals surface area (Å²) in [4.78, 5) is 60.7. The van der Waals surface area contributed by atoms with E-state index in [1.807, 2.05) is 0 Å². The van der Waals surface area contributed by atoms with E-state index in [0.29, 0.717) is 0 Å². The van der Waals surface area contributed by atoms with E-state index in [1.54, 1.807) is 5.57 Å². The van der Waals surface area contributed by atoms with Gasteiger partial charge in [-0.2, -0.15) is 0 Å². The number of nitrogens with two attached hydrogens (primary N) is 1. The first-order valence-electron chi connectivity index (χ1n) is 14.6. The van der Waals surface area contributed by atoms with Gasteiger partial charge in [0.05, 0.1) is 24.7 Å². The Morgan fingerprint density at radius 2 is 0.980 bits per heavy atom. The Kier molecular flexibility index (Phi) is 31.2. The Balaban J connectivity index is -0.000000287. The summed E-state index contributed by atoms with van der Waals surface area (Å²) < 4.78 is 0. The van der Waals surface area contributed by atoms with E-state index >= 15 is 0 Å². The smallest absolute Gasteiger partial charge is 0.693 e. The van der Waals surface area contributed by atoms with Crippen LogP contribution < -0.4 is 0 Å². The van der Waals surface area contributed by atoms with Crippen molar-refractivity contribution < 1.29 is 83.3 Å². The standard InChI is InChI=1S/C10H16N2.2C7H10N2O6.2CH4O.2Co.H2N/c1-5-11-6-2-9(1)10-3-7-12-8-4-10;2*10-7(11)4-1-5(8(12)13)3-6(2-4)9(14)15;2*1-2;;;/h1,10H,2-8H2;2*4-6H,1-3H2,(H,10,11);2*2H,1H3;;;1H2/q-2;;;;;;+2;-1. The van der Waals surface area contributed by atoms with Gasteiger partial charge >= 0.3 is 28.7 Å². The molecule has 0 bridgehead atoms. The number of rotatable bonds is 7. The SMILES string of the molecule is C1=C(C2CC[N-]CC2)CC[N-]C1.CO.CO.O=C(O)C1CC([N+](=O)[O-])CC([N+](=O)[O-])C1.O=C(O)C1CC([N+](=O)[O-])CC([N+](=O)[O-])C1.[Co+2].[Co].[NH2-]. The fourth-order valence-corrected chi connectivity index (χ4v) is 5.69. The van der Waals surface area contributed by atoms with E-state index in [4.69, 9.17) is 20.4 Å². The topological polar surface area (TPSA) is 349 Å². The van der Waals surface area contributed by atoms with Crippen molar-refractivity contribution in [2.24, 2.45) is 17.8 Å². The van der Waals surface area contributed by atoms with Crippen molar-refractivity contribution >= 4 is 11.9 Å². The monoisotopic (exact) mass is 798 g/mol. The van der Waals surface area contributed by atoms with Crippen molar-refractivity contribution in [1.82, 2.24) is 0 Å². The summed E-state index contributed by atoms with van der Waals surface area (Å²) in [6, 6.07) is -4.46. The van der Waals surface area contributed by atoms with Crippen molar-refractivity contribution in [3.8, 4) is 0 Å². The second-order valence-corrected chi connectivity index (χ2v) is 10.8. The Bertz CT molecular complexity index is 886. The quantitative estimate of drug-likeness (QED) is 0.163. The van der Waals surface area contributed by atoms with Crippen LogP contribution in [-0.2, 0) is 43.1 Å². The molecule has 3 fully saturated rings. The number of nitro groups is 4. The molecular formula is C26H46Co2N7O14-. The van der Waals surface area contributed by atoms with Gasteiger partial charge in [0.25, 0.3) is 0 Å². The van der Waals surface area contributed by atoms with E-state index in [9.17, 15) is 50.0 Å². The van der Waals surface area contributed by atoms with Gasteiger partial charge < -0.3 is 37.2 Å². The Morgan fingerprint density at radius 3 is 1.22 bits per heavy atom. The predicted octanol–water partition coefficient (Wildman–Crippen LogP) is 2.73. The Labute approximate surface area is 303 Å². The molecular weight excluding hydrogens is 752 g/mol. The number of aliphatic hydroxyl groups is 2. The van der Waals surface area contributed by atoms with E-state index in [1.165, 1.54) is 19.3 Å². The number of aliphatic carboxylic acids is 2. The number of carbonyl (C=O) groups is 2. The van der Waals surface area contributed by atoms with Crippen LogP contribution in [0.2, 0.25) is 0 Å². The number of nitrogens with zero attached hydrogens (tertiary/aromatic N) is 6. The molecule has 0 aromatic heterocycles. The molecule has 0 aromatic carbocycles. The molecule has 288 valence electrons. The number of hydrogen-bond donors (Lipinski definition) is 4. The Hall–Kier alpha value is -2.91. The molecule has 4 atom stereocenters. The molecule has 0 amide bonds. The molecule has 4 unspecified atom stereocenters.